The van der Waals surface area contributed by atoms with Crippen LogP contribution in [0.1, 0.15) is 26.5 Å². The van der Waals surface area contributed by atoms with Crippen LogP contribution in [0, 0.1) is 0 Å². The molecular formula is C9H17Cl2N3. The third-order valence-electron chi connectivity index (χ3n) is 1.74. The summed E-state index contributed by atoms with van der Waals surface area (Å²) in [5.41, 5.74) is 13.3. The van der Waals surface area contributed by atoms with Gasteiger partial charge in [-0.2, -0.15) is 0 Å². The zero-order chi connectivity index (χ0) is 9.35. The van der Waals surface area contributed by atoms with Crippen LogP contribution < -0.4 is 11.5 Å². The van der Waals surface area contributed by atoms with Gasteiger partial charge in [0.15, 0.2) is 0 Å². The van der Waals surface area contributed by atoms with Gasteiger partial charge < -0.3 is 11.5 Å². The van der Waals surface area contributed by atoms with E-state index in [1.165, 1.54) is 0 Å². The van der Waals surface area contributed by atoms with Crippen molar-refractivity contribution in [3.05, 3.63) is 18.0 Å². The van der Waals surface area contributed by atoms with Crippen LogP contribution in [-0.2, 0) is 5.41 Å². The number of hydrogen-bond acceptors (Lipinski definition) is 3. The van der Waals surface area contributed by atoms with Crippen LogP contribution in [0.3, 0.4) is 0 Å². The maximum atomic E-state index is 5.65. The van der Waals surface area contributed by atoms with Crippen LogP contribution >= 0.6 is 24.8 Å². The Balaban J connectivity index is 0. The lowest BCUT2D eigenvalue weighted by Gasteiger charge is -2.18. The standard InChI is InChI=1S/C9H15N3.2ClH/c1-9(2,3)8-4-6(10)7(11)5-12-8;;/h4-5H,11H2,1-3H3,(H2,10,12);2*1H. The van der Waals surface area contributed by atoms with E-state index in [-0.39, 0.29) is 30.2 Å². The molecule has 0 atom stereocenters. The summed E-state index contributed by atoms with van der Waals surface area (Å²) in [7, 11) is 0. The number of nitrogen functional groups attached to an aromatic ring is 2. The molecule has 0 amide bonds. The Kier molecular flexibility index (Phi) is 5.94. The van der Waals surface area contributed by atoms with Gasteiger partial charge in [-0.1, -0.05) is 20.8 Å². The second-order valence-corrected chi connectivity index (χ2v) is 3.95. The highest BCUT2D eigenvalue weighted by Crippen LogP contribution is 2.23. The molecule has 0 radical (unpaired) electrons. The third-order valence-corrected chi connectivity index (χ3v) is 1.74. The summed E-state index contributed by atoms with van der Waals surface area (Å²) < 4.78 is 0. The number of hydrogen-bond donors (Lipinski definition) is 2. The van der Waals surface area contributed by atoms with Crippen LogP contribution in [0.15, 0.2) is 12.3 Å². The van der Waals surface area contributed by atoms with Crippen LogP contribution in [0.2, 0.25) is 0 Å². The van der Waals surface area contributed by atoms with Gasteiger partial charge in [-0.3, -0.25) is 4.98 Å². The maximum absolute atomic E-state index is 5.65. The molecule has 0 aliphatic rings. The first-order valence-corrected chi connectivity index (χ1v) is 3.93. The van der Waals surface area contributed by atoms with Crippen molar-refractivity contribution in [1.82, 2.24) is 4.98 Å². The van der Waals surface area contributed by atoms with Gasteiger partial charge in [-0.25, -0.2) is 0 Å². The van der Waals surface area contributed by atoms with Crippen molar-refractivity contribution in [3.8, 4) is 0 Å². The Labute approximate surface area is 97.1 Å². The number of rotatable bonds is 0. The first kappa shape index (κ1) is 15.8. The van der Waals surface area contributed by atoms with E-state index in [1.807, 2.05) is 6.07 Å². The molecule has 1 heterocycles. The third kappa shape index (κ3) is 3.60. The fourth-order valence-electron chi connectivity index (χ4n) is 0.892. The van der Waals surface area contributed by atoms with E-state index >= 15 is 0 Å². The molecule has 82 valence electrons. The quantitative estimate of drug-likeness (QED) is 0.729. The van der Waals surface area contributed by atoms with E-state index in [0.29, 0.717) is 11.4 Å². The first-order valence-electron chi connectivity index (χ1n) is 3.93. The Morgan fingerprint density at radius 1 is 1.07 bits per heavy atom. The van der Waals surface area contributed by atoms with Crippen LogP contribution in [-0.4, -0.2) is 4.98 Å². The Morgan fingerprint density at radius 2 is 1.57 bits per heavy atom. The topological polar surface area (TPSA) is 64.9 Å². The minimum Gasteiger partial charge on any atom is -0.397 e. The van der Waals surface area contributed by atoms with Crippen LogP contribution in [0.4, 0.5) is 11.4 Å². The molecular weight excluding hydrogens is 221 g/mol. The van der Waals surface area contributed by atoms with Crippen molar-refractivity contribution >= 4 is 36.2 Å². The normalized spacial score (nSPS) is 9.93. The SMILES string of the molecule is CC(C)(C)c1cc(N)c(N)cn1.Cl.Cl. The zero-order valence-corrected chi connectivity index (χ0v) is 10.2. The second kappa shape index (κ2) is 5.27. The second-order valence-electron chi connectivity index (χ2n) is 3.95. The van der Waals surface area contributed by atoms with Crippen LogP contribution in [0.5, 0.6) is 0 Å². The van der Waals surface area contributed by atoms with E-state index < -0.39 is 0 Å². The van der Waals surface area contributed by atoms with Crippen molar-refractivity contribution in [3.63, 3.8) is 0 Å². The van der Waals surface area contributed by atoms with E-state index in [0.717, 1.165) is 5.69 Å². The van der Waals surface area contributed by atoms with Gasteiger partial charge >= 0.3 is 0 Å². The molecule has 1 aromatic heterocycles. The van der Waals surface area contributed by atoms with E-state index in [2.05, 4.69) is 25.8 Å². The maximum Gasteiger partial charge on any atom is 0.0734 e. The minimum atomic E-state index is 0. The average molecular weight is 238 g/mol. The van der Waals surface area contributed by atoms with Crippen molar-refractivity contribution in [2.45, 2.75) is 26.2 Å². The average Bonchev–Trinajstić information content (AvgIpc) is 1.92. The molecule has 5 heteroatoms. The fraction of sp³-hybridized carbons (Fsp3) is 0.444. The molecule has 0 aromatic carbocycles. The minimum absolute atomic E-state index is 0. The van der Waals surface area contributed by atoms with Crippen molar-refractivity contribution < 1.29 is 0 Å². The molecule has 3 nitrogen and oxygen atoms in total. The van der Waals surface area contributed by atoms with Gasteiger partial charge in [-0.05, 0) is 6.07 Å². The van der Waals surface area contributed by atoms with E-state index in [1.54, 1.807) is 6.20 Å². The van der Waals surface area contributed by atoms with Gasteiger partial charge in [-0.15, -0.1) is 24.8 Å². The molecule has 0 aliphatic carbocycles. The predicted molar refractivity (Wildman–Crippen MR) is 66.3 cm³/mol. The molecule has 14 heavy (non-hydrogen) atoms. The Hall–Kier alpha value is -0.670. The summed E-state index contributed by atoms with van der Waals surface area (Å²) in [4.78, 5) is 4.21. The van der Waals surface area contributed by atoms with Gasteiger partial charge in [0.2, 0.25) is 0 Å². The fourth-order valence-corrected chi connectivity index (χ4v) is 0.892. The van der Waals surface area contributed by atoms with Crippen molar-refractivity contribution in [2.24, 2.45) is 0 Å². The Morgan fingerprint density at radius 3 is 1.93 bits per heavy atom. The molecule has 0 spiro atoms. The van der Waals surface area contributed by atoms with E-state index in [4.69, 9.17) is 11.5 Å². The summed E-state index contributed by atoms with van der Waals surface area (Å²) in [6, 6.07) is 1.83. The number of anilines is 2. The molecule has 0 saturated carbocycles. The molecule has 0 bridgehead atoms. The Bertz CT molecular complexity index is 295. The molecule has 4 N–H and O–H groups in total. The van der Waals surface area contributed by atoms with E-state index in [9.17, 15) is 0 Å². The highest BCUT2D eigenvalue weighted by atomic mass is 35.5. The largest absolute Gasteiger partial charge is 0.397 e. The lowest BCUT2D eigenvalue weighted by atomic mass is 9.91. The van der Waals surface area contributed by atoms with Crippen molar-refractivity contribution in [2.75, 3.05) is 11.5 Å². The number of nitrogens with zero attached hydrogens (tertiary/aromatic N) is 1. The highest BCUT2D eigenvalue weighted by Gasteiger charge is 2.15. The van der Waals surface area contributed by atoms with Gasteiger partial charge in [0.25, 0.3) is 0 Å². The lowest BCUT2D eigenvalue weighted by Crippen LogP contribution is -2.14. The summed E-state index contributed by atoms with van der Waals surface area (Å²) in [5, 5.41) is 0. The lowest BCUT2D eigenvalue weighted by molar-refractivity contribution is 0.569. The van der Waals surface area contributed by atoms with Gasteiger partial charge in [0, 0.05) is 11.1 Å². The number of nitrogens with two attached hydrogens (primary N) is 2. The molecule has 1 rings (SSSR count). The molecule has 0 fully saturated rings. The monoisotopic (exact) mass is 237 g/mol. The zero-order valence-electron chi connectivity index (χ0n) is 8.57. The summed E-state index contributed by atoms with van der Waals surface area (Å²) in [6.45, 7) is 6.26. The molecule has 0 aliphatic heterocycles. The molecule has 0 unspecified atom stereocenters. The summed E-state index contributed by atoms with van der Waals surface area (Å²) in [5.74, 6) is 0. The van der Waals surface area contributed by atoms with Crippen LogP contribution in [0.25, 0.3) is 0 Å². The number of pyridine rings is 1. The van der Waals surface area contributed by atoms with Gasteiger partial charge in [0.05, 0.1) is 17.6 Å². The number of aromatic nitrogens is 1. The smallest absolute Gasteiger partial charge is 0.0734 e. The summed E-state index contributed by atoms with van der Waals surface area (Å²) >= 11 is 0. The van der Waals surface area contributed by atoms with Crippen molar-refractivity contribution in [1.29, 1.82) is 0 Å². The number of halogens is 2. The van der Waals surface area contributed by atoms with Gasteiger partial charge in [0.1, 0.15) is 0 Å². The molecule has 0 saturated heterocycles. The highest BCUT2D eigenvalue weighted by molar-refractivity contribution is 5.85. The summed E-state index contributed by atoms with van der Waals surface area (Å²) in [6.07, 6.45) is 1.61. The first-order chi connectivity index (χ1) is 5.41. The molecule has 1 aromatic rings. The predicted octanol–water partition coefficient (Wildman–Crippen LogP) is 2.39.